The van der Waals surface area contributed by atoms with E-state index in [4.69, 9.17) is 4.42 Å². The molecule has 0 radical (unpaired) electrons. The maximum Gasteiger partial charge on any atom is 0.347 e. The largest absolute Gasteiger partial charge is 0.403 e. The summed E-state index contributed by atoms with van der Waals surface area (Å²) in [5, 5.41) is 0.492. The van der Waals surface area contributed by atoms with Crippen LogP contribution in [0.3, 0.4) is 0 Å². The van der Waals surface area contributed by atoms with Gasteiger partial charge in [-0.25, -0.2) is 9.78 Å². The maximum absolute atomic E-state index is 12.3. The zero-order chi connectivity index (χ0) is 15.6. The van der Waals surface area contributed by atoms with Gasteiger partial charge in [-0.15, -0.1) is 0 Å². The summed E-state index contributed by atoms with van der Waals surface area (Å²) in [7, 11) is 0. The summed E-state index contributed by atoms with van der Waals surface area (Å²) in [6, 6.07) is 24.9. The van der Waals surface area contributed by atoms with Crippen LogP contribution in [0.25, 0.3) is 33.5 Å². The molecule has 1 heterocycles. The Kier molecular flexibility index (Phi) is 3.24. The molecule has 0 N–H and O–H groups in total. The number of fused-ring (bicyclic) bond motifs is 1. The van der Waals surface area contributed by atoms with Crippen molar-refractivity contribution >= 4 is 10.9 Å². The van der Waals surface area contributed by atoms with Gasteiger partial charge in [-0.2, -0.15) is 0 Å². The SMILES string of the molecule is O=c1oc(-c2ccccc2)nc2c(-c3ccccc3)cccc12. The van der Waals surface area contributed by atoms with Gasteiger partial charge < -0.3 is 4.42 Å². The summed E-state index contributed by atoms with van der Waals surface area (Å²) >= 11 is 0. The fourth-order valence-electron chi connectivity index (χ4n) is 2.65. The molecule has 4 rings (SSSR count). The summed E-state index contributed by atoms with van der Waals surface area (Å²) < 4.78 is 5.40. The normalized spacial score (nSPS) is 10.8. The molecule has 0 aliphatic carbocycles. The summed E-state index contributed by atoms with van der Waals surface area (Å²) in [5.74, 6) is 0.339. The van der Waals surface area contributed by atoms with Crippen molar-refractivity contribution in [2.24, 2.45) is 0 Å². The lowest BCUT2D eigenvalue weighted by Gasteiger charge is -2.07. The highest BCUT2D eigenvalue weighted by Crippen LogP contribution is 2.27. The Morgan fingerprint density at radius 1 is 0.696 bits per heavy atom. The lowest BCUT2D eigenvalue weighted by atomic mass is 10.0. The average molecular weight is 299 g/mol. The van der Waals surface area contributed by atoms with Crippen molar-refractivity contribution in [2.75, 3.05) is 0 Å². The van der Waals surface area contributed by atoms with Gasteiger partial charge in [0.25, 0.3) is 0 Å². The molecule has 23 heavy (non-hydrogen) atoms. The Bertz CT molecular complexity index is 1020. The van der Waals surface area contributed by atoms with Gasteiger partial charge in [-0.05, 0) is 23.8 Å². The number of hydrogen-bond acceptors (Lipinski definition) is 3. The quantitative estimate of drug-likeness (QED) is 0.546. The van der Waals surface area contributed by atoms with Gasteiger partial charge in [0.05, 0.1) is 10.9 Å². The number of hydrogen-bond donors (Lipinski definition) is 0. The van der Waals surface area contributed by atoms with Crippen LogP contribution >= 0.6 is 0 Å². The number of aromatic nitrogens is 1. The van der Waals surface area contributed by atoms with Crippen molar-refractivity contribution < 1.29 is 4.42 Å². The molecule has 0 spiro atoms. The topological polar surface area (TPSA) is 43.1 Å². The standard InChI is InChI=1S/C20H13NO2/c22-20-17-13-7-12-16(14-8-3-1-4-9-14)18(17)21-19(23-20)15-10-5-2-6-11-15/h1-13H. The Hall–Kier alpha value is -3.20. The van der Waals surface area contributed by atoms with Crippen molar-refractivity contribution in [2.45, 2.75) is 0 Å². The first-order valence-electron chi connectivity index (χ1n) is 7.37. The average Bonchev–Trinajstić information content (AvgIpc) is 2.63. The van der Waals surface area contributed by atoms with Gasteiger partial charge in [-0.3, -0.25) is 0 Å². The lowest BCUT2D eigenvalue weighted by molar-refractivity contribution is 0.518. The molecule has 110 valence electrons. The Labute approximate surface area is 132 Å². The van der Waals surface area contributed by atoms with Crippen LogP contribution in [-0.4, -0.2) is 4.98 Å². The Balaban J connectivity index is 2.03. The Morgan fingerprint density at radius 3 is 2.04 bits per heavy atom. The highest BCUT2D eigenvalue weighted by Gasteiger charge is 2.12. The molecule has 0 aliphatic rings. The van der Waals surface area contributed by atoms with Gasteiger partial charge in [0.1, 0.15) is 0 Å². The molecule has 0 fully saturated rings. The molecule has 3 heteroatoms. The van der Waals surface area contributed by atoms with Gasteiger partial charge in [0, 0.05) is 11.1 Å². The monoisotopic (exact) mass is 299 g/mol. The number of para-hydroxylation sites is 1. The van der Waals surface area contributed by atoms with Crippen molar-refractivity contribution in [1.29, 1.82) is 0 Å². The van der Waals surface area contributed by atoms with Crippen LogP contribution in [0.1, 0.15) is 0 Å². The molecule has 0 amide bonds. The van der Waals surface area contributed by atoms with Gasteiger partial charge in [-0.1, -0.05) is 60.7 Å². The van der Waals surface area contributed by atoms with Crippen molar-refractivity contribution in [1.82, 2.24) is 4.98 Å². The maximum atomic E-state index is 12.3. The van der Waals surface area contributed by atoms with Gasteiger partial charge >= 0.3 is 5.63 Å². The van der Waals surface area contributed by atoms with Crippen LogP contribution in [0, 0.1) is 0 Å². The second kappa shape index (κ2) is 5.54. The van der Waals surface area contributed by atoms with Crippen molar-refractivity contribution in [3.05, 3.63) is 89.3 Å². The second-order valence-electron chi connectivity index (χ2n) is 5.24. The summed E-state index contributed by atoms with van der Waals surface area (Å²) in [4.78, 5) is 17.0. The minimum Gasteiger partial charge on any atom is -0.403 e. The molecule has 4 aromatic rings. The molecular formula is C20H13NO2. The summed E-state index contributed by atoms with van der Waals surface area (Å²) in [6.07, 6.45) is 0. The van der Waals surface area contributed by atoms with Crippen LogP contribution in [0.15, 0.2) is 88.1 Å². The predicted molar refractivity (Wildman–Crippen MR) is 91.2 cm³/mol. The first kappa shape index (κ1) is 13.5. The molecule has 0 aliphatic heterocycles. The van der Waals surface area contributed by atoms with E-state index in [9.17, 15) is 4.79 Å². The van der Waals surface area contributed by atoms with E-state index in [0.717, 1.165) is 16.7 Å². The summed E-state index contributed by atoms with van der Waals surface area (Å²) in [5.41, 5.74) is 3.03. The van der Waals surface area contributed by atoms with Crippen LogP contribution < -0.4 is 5.63 Å². The third kappa shape index (κ3) is 2.42. The molecule has 3 nitrogen and oxygen atoms in total. The van der Waals surface area contributed by atoms with E-state index in [0.29, 0.717) is 16.8 Å². The number of benzene rings is 3. The predicted octanol–water partition coefficient (Wildman–Crippen LogP) is 4.52. The van der Waals surface area contributed by atoms with E-state index in [2.05, 4.69) is 4.98 Å². The first-order chi connectivity index (χ1) is 11.3. The van der Waals surface area contributed by atoms with Gasteiger partial charge in [0.2, 0.25) is 5.89 Å². The highest BCUT2D eigenvalue weighted by atomic mass is 16.4. The number of nitrogens with zero attached hydrogens (tertiary/aromatic N) is 1. The third-order valence-electron chi connectivity index (χ3n) is 3.76. The molecule has 0 unspecified atom stereocenters. The van der Waals surface area contributed by atoms with E-state index in [-0.39, 0.29) is 5.63 Å². The van der Waals surface area contributed by atoms with E-state index < -0.39 is 0 Å². The van der Waals surface area contributed by atoms with Crippen LogP contribution in [0.5, 0.6) is 0 Å². The minimum absolute atomic E-state index is 0.339. The van der Waals surface area contributed by atoms with E-state index in [1.165, 1.54) is 0 Å². The zero-order valence-electron chi connectivity index (χ0n) is 12.3. The first-order valence-corrected chi connectivity index (χ1v) is 7.37. The smallest absolute Gasteiger partial charge is 0.347 e. The molecule has 0 bridgehead atoms. The fourth-order valence-corrected chi connectivity index (χ4v) is 2.65. The summed E-state index contributed by atoms with van der Waals surface area (Å²) in [6.45, 7) is 0. The minimum atomic E-state index is -0.369. The molecule has 0 atom stereocenters. The van der Waals surface area contributed by atoms with Crippen LogP contribution in [-0.2, 0) is 0 Å². The molecule has 0 saturated heterocycles. The lowest BCUT2D eigenvalue weighted by Crippen LogP contribution is -2.03. The van der Waals surface area contributed by atoms with Crippen LogP contribution in [0.4, 0.5) is 0 Å². The molecule has 0 saturated carbocycles. The fraction of sp³-hybridized carbons (Fsp3) is 0. The zero-order valence-corrected chi connectivity index (χ0v) is 12.3. The van der Waals surface area contributed by atoms with Crippen LogP contribution in [0.2, 0.25) is 0 Å². The third-order valence-corrected chi connectivity index (χ3v) is 3.76. The van der Waals surface area contributed by atoms with E-state index in [1.54, 1.807) is 6.07 Å². The molecule has 3 aromatic carbocycles. The van der Waals surface area contributed by atoms with Crippen molar-refractivity contribution in [3.63, 3.8) is 0 Å². The van der Waals surface area contributed by atoms with Crippen molar-refractivity contribution in [3.8, 4) is 22.6 Å². The van der Waals surface area contributed by atoms with E-state index in [1.807, 2.05) is 72.8 Å². The Morgan fingerprint density at radius 2 is 1.35 bits per heavy atom. The second-order valence-corrected chi connectivity index (χ2v) is 5.24. The van der Waals surface area contributed by atoms with Gasteiger partial charge in [0.15, 0.2) is 0 Å². The van der Waals surface area contributed by atoms with E-state index >= 15 is 0 Å². The number of rotatable bonds is 2. The molecule has 1 aromatic heterocycles. The molecular weight excluding hydrogens is 286 g/mol. The highest BCUT2D eigenvalue weighted by molar-refractivity contribution is 5.93.